The first-order valence-corrected chi connectivity index (χ1v) is 3.71. The second-order valence-corrected chi connectivity index (χ2v) is 2.31. The minimum atomic E-state index is -0.0194. The summed E-state index contributed by atoms with van der Waals surface area (Å²) in [5.41, 5.74) is 1.70. The van der Waals surface area contributed by atoms with Gasteiger partial charge in [-0.25, -0.2) is 0 Å². The van der Waals surface area contributed by atoms with Gasteiger partial charge in [0.1, 0.15) is 0 Å². The zero-order chi connectivity index (χ0) is 8.81. The second kappa shape index (κ2) is 4.38. The van der Waals surface area contributed by atoms with Gasteiger partial charge in [0.05, 0.1) is 6.61 Å². The lowest BCUT2D eigenvalue weighted by Crippen LogP contribution is -1.82. The van der Waals surface area contributed by atoms with Crippen molar-refractivity contribution < 1.29 is 5.11 Å². The van der Waals surface area contributed by atoms with Crippen LogP contribution in [0.5, 0.6) is 0 Å². The fraction of sp³-hybridized carbons (Fsp3) is 0.0909. The maximum Gasteiger partial charge on any atom is 0.0627 e. The van der Waals surface area contributed by atoms with Crippen LogP contribution in [0.1, 0.15) is 5.56 Å². The molecule has 0 aromatic heterocycles. The molecule has 0 atom stereocenters. The molecule has 0 spiro atoms. The second-order valence-electron chi connectivity index (χ2n) is 2.31. The first-order chi connectivity index (χ1) is 5.88. The van der Waals surface area contributed by atoms with Crippen molar-refractivity contribution in [2.24, 2.45) is 0 Å². The predicted octanol–water partition coefficient (Wildman–Crippen LogP) is 1.70. The molecular formula is C11H10O. The highest BCUT2D eigenvalue weighted by atomic mass is 16.2. The Balaban J connectivity index is 2.98. The van der Waals surface area contributed by atoms with E-state index in [1.54, 1.807) is 6.08 Å². The highest BCUT2D eigenvalue weighted by molar-refractivity contribution is 5.78. The lowest BCUT2D eigenvalue weighted by molar-refractivity contribution is 0.343. The van der Waals surface area contributed by atoms with Crippen molar-refractivity contribution in [1.29, 1.82) is 0 Å². The minimum absolute atomic E-state index is 0.0194. The Morgan fingerprint density at radius 3 is 2.58 bits per heavy atom. The molecule has 60 valence electrons. The fourth-order valence-corrected chi connectivity index (χ4v) is 0.969. The summed E-state index contributed by atoms with van der Waals surface area (Å²) in [5, 5.41) is 8.66. The highest BCUT2D eigenvalue weighted by Gasteiger charge is 1.94. The molecule has 0 aliphatic rings. The molecule has 0 radical (unpaired) electrons. The van der Waals surface area contributed by atoms with Gasteiger partial charge in [-0.15, -0.1) is 6.42 Å². The number of hydrogen-bond donors (Lipinski definition) is 1. The third-order valence-electron chi connectivity index (χ3n) is 1.54. The molecule has 0 unspecified atom stereocenters. The zero-order valence-corrected chi connectivity index (χ0v) is 6.70. The first kappa shape index (κ1) is 8.58. The molecule has 0 heterocycles. The van der Waals surface area contributed by atoms with E-state index in [-0.39, 0.29) is 6.61 Å². The number of aliphatic hydroxyl groups excluding tert-OH is 1. The lowest BCUT2D eigenvalue weighted by Gasteiger charge is -1.97. The van der Waals surface area contributed by atoms with Gasteiger partial charge in [0.15, 0.2) is 0 Å². The molecule has 1 N–H and O–H groups in total. The number of allylic oxidation sites excluding steroid dienone is 1. The summed E-state index contributed by atoms with van der Waals surface area (Å²) in [6.45, 7) is -0.0194. The zero-order valence-electron chi connectivity index (χ0n) is 6.70. The van der Waals surface area contributed by atoms with E-state index >= 15 is 0 Å². The molecule has 1 rings (SSSR count). The molecule has 0 saturated heterocycles. The van der Waals surface area contributed by atoms with E-state index in [0.29, 0.717) is 0 Å². The average Bonchev–Trinajstić information content (AvgIpc) is 2.15. The van der Waals surface area contributed by atoms with E-state index in [2.05, 4.69) is 5.92 Å². The van der Waals surface area contributed by atoms with Gasteiger partial charge in [-0.2, -0.15) is 0 Å². The van der Waals surface area contributed by atoms with Crippen LogP contribution in [0, 0.1) is 12.3 Å². The summed E-state index contributed by atoms with van der Waals surface area (Å²) >= 11 is 0. The topological polar surface area (TPSA) is 20.2 Å². The fourth-order valence-electron chi connectivity index (χ4n) is 0.969. The molecule has 0 aliphatic heterocycles. The van der Waals surface area contributed by atoms with Crippen molar-refractivity contribution >= 4 is 5.57 Å². The normalized spacial score (nSPS) is 10.8. The van der Waals surface area contributed by atoms with Gasteiger partial charge in [-0.1, -0.05) is 36.3 Å². The van der Waals surface area contributed by atoms with Gasteiger partial charge in [0.2, 0.25) is 0 Å². The van der Waals surface area contributed by atoms with Crippen LogP contribution >= 0.6 is 0 Å². The van der Waals surface area contributed by atoms with Crippen LogP contribution in [-0.4, -0.2) is 11.7 Å². The largest absolute Gasteiger partial charge is 0.392 e. The monoisotopic (exact) mass is 158 g/mol. The molecule has 0 fully saturated rings. The van der Waals surface area contributed by atoms with Crippen molar-refractivity contribution in [3.05, 3.63) is 42.0 Å². The standard InChI is InChI=1S/C11H10O/c1-2-10(8-9-12)11-6-4-3-5-7-11/h1,3-8,12H,9H2/b10-8-. The highest BCUT2D eigenvalue weighted by Crippen LogP contribution is 2.11. The number of benzene rings is 1. The van der Waals surface area contributed by atoms with Crippen LogP contribution in [-0.2, 0) is 0 Å². The van der Waals surface area contributed by atoms with Crippen molar-refractivity contribution in [2.75, 3.05) is 6.61 Å². The molecule has 0 bridgehead atoms. The molecule has 0 saturated carbocycles. The van der Waals surface area contributed by atoms with E-state index in [9.17, 15) is 0 Å². The lowest BCUT2D eigenvalue weighted by atomic mass is 10.1. The molecule has 1 heteroatoms. The van der Waals surface area contributed by atoms with Gasteiger partial charge < -0.3 is 5.11 Å². The van der Waals surface area contributed by atoms with Crippen LogP contribution in [0.2, 0.25) is 0 Å². The van der Waals surface area contributed by atoms with E-state index in [1.807, 2.05) is 30.3 Å². The summed E-state index contributed by atoms with van der Waals surface area (Å²) in [7, 11) is 0. The predicted molar refractivity (Wildman–Crippen MR) is 50.3 cm³/mol. The van der Waals surface area contributed by atoms with Gasteiger partial charge in [-0.05, 0) is 11.6 Å². The number of rotatable bonds is 2. The summed E-state index contributed by atoms with van der Waals surface area (Å²) in [6.07, 6.45) is 6.88. The van der Waals surface area contributed by atoms with Crippen LogP contribution in [0.3, 0.4) is 0 Å². The van der Waals surface area contributed by atoms with Crippen LogP contribution in [0.25, 0.3) is 5.57 Å². The molecule has 0 amide bonds. The van der Waals surface area contributed by atoms with E-state index < -0.39 is 0 Å². The molecule has 0 aliphatic carbocycles. The first-order valence-electron chi connectivity index (χ1n) is 3.71. The molecule has 1 aromatic carbocycles. The summed E-state index contributed by atoms with van der Waals surface area (Å²) in [4.78, 5) is 0. The summed E-state index contributed by atoms with van der Waals surface area (Å²) < 4.78 is 0. The number of aliphatic hydroxyl groups is 1. The quantitative estimate of drug-likeness (QED) is 0.649. The number of hydrogen-bond acceptors (Lipinski definition) is 1. The Kier molecular flexibility index (Phi) is 3.13. The molecular weight excluding hydrogens is 148 g/mol. The van der Waals surface area contributed by atoms with Crippen LogP contribution in [0.15, 0.2) is 36.4 Å². The van der Waals surface area contributed by atoms with Crippen molar-refractivity contribution in [3.8, 4) is 12.3 Å². The maximum atomic E-state index is 8.66. The van der Waals surface area contributed by atoms with Crippen LogP contribution in [0.4, 0.5) is 0 Å². The Hall–Kier alpha value is -1.52. The summed E-state index contributed by atoms with van der Waals surface area (Å²) in [6, 6.07) is 9.59. The van der Waals surface area contributed by atoms with E-state index in [4.69, 9.17) is 11.5 Å². The Bertz CT molecular complexity index is 304. The van der Waals surface area contributed by atoms with Gasteiger partial charge in [-0.3, -0.25) is 0 Å². The third kappa shape index (κ3) is 1.98. The third-order valence-corrected chi connectivity index (χ3v) is 1.54. The SMILES string of the molecule is C#C/C(=C/CO)c1ccccc1. The van der Waals surface area contributed by atoms with E-state index in [0.717, 1.165) is 11.1 Å². The van der Waals surface area contributed by atoms with Gasteiger partial charge in [0, 0.05) is 5.57 Å². The minimum Gasteiger partial charge on any atom is -0.392 e. The Morgan fingerprint density at radius 2 is 2.08 bits per heavy atom. The van der Waals surface area contributed by atoms with Crippen molar-refractivity contribution in [2.45, 2.75) is 0 Å². The molecule has 1 aromatic rings. The summed E-state index contributed by atoms with van der Waals surface area (Å²) in [5.74, 6) is 2.52. The Morgan fingerprint density at radius 1 is 1.42 bits per heavy atom. The maximum absolute atomic E-state index is 8.66. The van der Waals surface area contributed by atoms with Gasteiger partial charge in [0.25, 0.3) is 0 Å². The molecule has 1 nitrogen and oxygen atoms in total. The van der Waals surface area contributed by atoms with E-state index in [1.165, 1.54) is 0 Å². The molecule has 12 heavy (non-hydrogen) atoms. The van der Waals surface area contributed by atoms with Crippen LogP contribution < -0.4 is 0 Å². The van der Waals surface area contributed by atoms with Gasteiger partial charge >= 0.3 is 0 Å². The van der Waals surface area contributed by atoms with Crippen molar-refractivity contribution in [1.82, 2.24) is 0 Å². The Labute approximate surface area is 72.4 Å². The van der Waals surface area contributed by atoms with Crippen molar-refractivity contribution in [3.63, 3.8) is 0 Å². The average molecular weight is 158 g/mol. The number of terminal acetylenes is 1. The smallest absolute Gasteiger partial charge is 0.0627 e.